The molecule has 0 N–H and O–H groups in total. The Kier molecular flexibility index (Phi) is 0.969. The molecule has 0 spiro atoms. The van der Waals surface area contributed by atoms with Crippen LogP contribution in [0.25, 0.3) is 0 Å². The van der Waals surface area contributed by atoms with Crippen molar-refractivity contribution in [3.05, 3.63) is 24.9 Å². The van der Waals surface area contributed by atoms with E-state index in [0.717, 1.165) is 0 Å². The summed E-state index contributed by atoms with van der Waals surface area (Å²) >= 11 is 0. The molecular formula is C10H14. The molecule has 0 aromatic rings. The quantitative estimate of drug-likeness (QED) is 0.547. The lowest BCUT2D eigenvalue weighted by Gasteiger charge is -2.14. The molecule has 0 saturated heterocycles. The Morgan fingerprint density at radius 3 is 2.90 bits per heavy atom. The summed E-state index contributed by atoms with van der Waals surface area (Å²) in [6.07, 6.45) is 4.37. The lowest BCUT2D eigenvalue weighted by molar-refractivity contribution is 0.641. The second-order valence-electron chi connectivity index (χ2n) is 3.43. The summed E-state index contributed by atoms with van der Waals surface area (Å²) in [5.74, 6) is 1.37. The van der Waals surface area contributed by atoms with Gasteiger partial charge in [0.2, 0.25) is 0 Å². The van der Waals surface area contributed by atoms with Crippen molar-refractivity contribution in [2.75, 3.05) is 0 Å². The fourth-order valence-electron chi connectivity index (χ4n) is 2.40. The molecule has 54 valence electrons. The number of hydrogen-bond acceptors (Lipinski definition) is 0. The van der Waals surface area contributed by atoms with Crippen molar-refractivity contribution in [1.82, 2.24) is 0 Å². The minimum Gasteiger partial charge on any atom is -0.0676 e. The normalized spacial score (nSPS) is 41.0. The summed E-state index contributed by atoms with van der Waals surface area (Å²) in [5, 5.41) is 0. The maximum atomic E-state index is 7.13. The van der Waals surface area contributed by atoms with E-state index in [2.05, 4.69) is 6.92 Å². The third-order valence-electron chi connectivity index (χ3n) is 3.02. The summed E-state index contributed by atoms with van der Waals surface area (Å²) in [5.41, 5.74) is 2.56. The van der Waals surface area contributed by atoms with Gasteiger partial charge in [-0.25, -0.2) is 0 Å². The van der Waals surface area contributed by atoms with Crippen LogP contribution in [0.2, 0.25) is 0 Å². The standard InChI is InChI=1S/C10H14/c1-3-10-7(2)8-4-5-9(10)6-8/h8-9H,1-6H2/i1D2. The molecule has 0 heteroatoms. The van der Waals surface area contributed by atoms with Crippen molar-refractivity contribution in [2.24, 2.45) is 11.8 Å². The van der Waals surface area contributed by atoms with Crippen molar-refractivity contribution < 1.29 is 2.74 Å². The van der Waals surface area contributed by atoms with Gasteiger partial charge in [0.1, 0.15) is 0 Å². The van der Waals surface area contributed by atoms with Gasteiger partial charge in [-0.2, -0.15) is 0 Å². The third-order valence-corrected chi connectivity index (χ3v) is 3.02. The van der Waals surface area contributed by atoms with Crippen LogP contribution in [0.4, 0.5) is 0 Å². The van der Waals surface area contributed by atoms with Crippen LogP contribution in [0.1, 0.15) is 28.4 Å². The van der Waals surface area contributed by atoms with E-state index in [4.69, 9.17) is 2.74 Å². The minimum atomic E-state index is 0.0405. The van der Waals surface area contributed by atoms with Gasteiger partial charge in [0, 0.05) is 2.74 Å². The van der Waals surface area contributed by atoms with Gasteiger partial charge in [0.15, 0.2) is 0 Å². The Balaban J connectivity index is 2.13. The average Bonchev–Trinajstić information content (AvgIpc) is 2.53. The molecular weight excluding hydrogens is 120 g/mol. The highest BCUT2D eigenvalue weighted by molar-refractivity contribution is 5.31. The van der Waals surface area contributed by atoms with Crippen molar-refractivity contribution >= 4 is 0 Å². The summed E-state index contributed by atoms with van der Waals surface area (Å²) in [7, 11) is 0. The van der Waals surface area contributed by atoms with Gasteiger partial charge in [-0.15, -0.1) is 0 Å². The van der Waals surface area contributed by atoms with Crippen LogP contribution in [0, 0.1) is 25.6 Å². The molecule has 1 fully saturated rings. The molecule has 2 aliphatic rings. The van der Waals surface area contributed by atoms with Crippen LogP contribution >= 0.6 is 0 Å². The van der Waals surface area contributed by atoms with E-state index in [1.165, 1.54) is 30.4 Å². The Labute approximate surface area is 66.1 Å². The molecule has 2 atom stereocenters. The van der Waals surface area contributed by atoms with Crippen LogP contribution in [0.5, 0.6) is 0 Å². The molecule has 2 radical (unpaired) electrons. The SMILES string of the molecule is [2H][C]([2H])CC1=C([CH2])C2CCC1C2. The summed E-state index contributed by atoms with van der Waals surface area (Å²) in [6.45, 7) is 4.09. The van der Waals surface area contributed by atoms with Crippen LogP contribution in [0.3, 0.4) is 0 Å². The molecule has 2 unspecified atom stereocenters. The summed E-state index contributed by atoms with van der Waals surface area (Å²) < 4.78 is 14.3. The monoisotopic (exact) mass is 136 g/mol. The second kappa shape index (κ2) is 2.11. The van der Waals surface area contributed by atoms with Gasteiger partial charge in [-0.1, -0.05) is 11.1 Å². The Hall–Kier alpha value is -0.260. The summed E-state index contributed by atoms with van der Waals surface area (Å²) in [6, 6.07) is 0. The third kappa shape index (κ3) is 0.680. The lowest BCUT2D eigenvalue weighted by Crippen LogP contribution is -1.99. The van der Waals surface area contributed by atoms with Gasteiger partial charge in [-0.05, 0) is 51.3 Å². The number of hydrogen-bond donors (Lipinski definition) is 0. The predicted molar refractivity (Wildman–Crippen MR) is 43.2 cm³/mol. The Morgan fingerprint density at radius 2 is 2.30 bits per heavy atom. The van der Waals surface area contributed by atoms with Gasteiger partial charge >= 0.3 is 0 Å². The first kappa shape index (κ1) is 4.58. The Bertz CT molecular complexity index is 218. The van der Waals surface area contributed by atoms with Crippen molar-refractivity contribution in [1.29, 1.82) is 0 Å². The zero-order valence-electron chi connectivity index (χ0n) is 8.19. The zero-order chi connectivity index (χ0) is 8.72. The first-order chi connectivity index (χ1) is 5.68. The van der Waals surface area contributed by atoms with Crippen molar-refractivity contribution in [3.8, 4) is 0 Å². The Morgan fingerprint density at radius 1 is 1.50 bits per heavy atom. The zero-order valence-corrected chi connectivity index (χ0v) is 6.19. The molecule has 0 aromatic heterocycles. The van der Waals surface area contributed by atoms with E-state index in [9.17, 15) is 0 Å². The lowest BCUT2D eigenvalue weighted by atomic mass is 9.91. The maximum absolute atomic E-state index is 7.13. The van der Waals surface area contributed by atoms with E-state index >= 15 is 0 Å². The minimum absolute atomic E-state index is 0.0405. The first-order valence-electron chi connectivity index (χ1n) is 5.02. The van der Waals surface area contributed by atoms with Crippen molar-refractivity contribution in [3.63, 3.8) is 0 Å². The van der Waals surface area contributed by atoms with Crippen LogP contribution < -0.4 is 0 Å². The van der Waals surface area contributed by atoms with E-state index in [1.807, 2.05) is 0 Å². The smallest absolute Gasteiger partial charge is 0.0270 e. The van der Waals surface area contributed by atoms with Crippen LogP contribution in [0.15, 0.2) is 11.1 Å². The predicted octanol–water partition coefficient (Wildman–Crippen LogP) is 2.77. The second-order valence-corrected chi connectivity index (χ2v) is 3.43. The van der Waals surface area contributed by atoms with Gasteiger partial charge in [-0.3, -0.25) is 0 Å². The number of fused-ring (bicyclic) bond motifs is 2. The molecule has 0 amide bonds. The van der Waals surface area contributed by atoms with E-state index in [1.54, 1.807) is 0 Å². The molecule has 2 aliphatic carbocycles. The van der Waals surface area contributed by atoms with Crippen LogP contribution in [-0.4, -0.2) is 0 Å². The fourth-order valence-corrected chi connectivity index (χ4v) is 2.40. The first-order valence-corrected chi connectivity index (χ1v) is 4.02. The topological polar surface area (TPSA) is 0 Å². The molecule has 0 aromatic carbocycles. The highest BCUT2D eigenvalue weighted by Gasteiger charge is 2.35. The highest BCUT2D eigenvalue weighted by Crippen LogP contribution is 2.48. The van der Waals surface area contributed by atoms with Gasteiger partial charge < -0.3 is 0 Å². The molecule has 10 heavy (non-hydrogen) atoms. The molecule has 0 aliphatic heterocycles. The maximum Gasteiger partial charge on any atom is 0.0270 e. The summed E-state index contributed by atoms with van der Waals surface area (Å²) in [4.78, 5) is 0. The van der Waals surface area contributed by atoms with Crippen LogP contribution in [-0.2, 0) is 0 Å². The molecule has 2 rings (SSSR count). The van der Waals surface area contributed by atoms with Gasteiger partial charge in [0.05, 0.1) is 0 Å². The van der Waals surface area contributed by atoms with Gasteiger partial charge in [0.25, 0.3) is 0 Å². The van der Waals surface area contributed by atoms with Crippen molar-refractivity contribution in [2.45, 2.75) is 25.7 Å². The molecule has 0 nitrogen and oxygen atoms in total. The van der Waals surface area contributed by atoms with E-state index < -0.39 is 0 Å². The molecule has 0 heterocycles. The molecule has 1 saturated carbocycles. The number of rotatable bonds is 2. The van der Waals surface area contributed by atoms with E-state index in [-0.39, 0.29) is 6.88 Å². The number of allylic oxidation sites excluding steroid dienone is 2. The average molecular weight is 136 g/mol. The largest absolute Gasteiger partial charge is 0.0676 e. The fraction of sp³-hybridized carbons (Fsp3) is 0.600. The van der Waals surface area contributed by atoms with E-state index in [0.29, 0.717) is 18.3 Å². The molecule has 2 bridgehead atoms. The highest BCUT2D eigenvalue weighted by atomic mass is 14.4.